The molecule has 0 radical (unpaired) electrons. The van der Waals surface area contributed by atoms with Crippen molar-refractivity contribution >= 4 is 28.8 Å². The van der Waals surface area contributed by atoms with E-state index < -0.39 is 5.82 Å². The van der Waals surface area contributed by atoms with Gasteiger partial charge in [0.1, 0.15) is 10.8 Å². The number of halogens is 1. The molecule has 0 heterocycles. The predicted molar refractivity (Wildman–Crippen MR) is 86.2 cm³/mol. The highest BCUT2D eigenvalue weighted by molar-refractivity contribution is 7.80. The van der Waals surface area contributed by atoms with Crippen molar-refractivity contribution in [2.24, 2.45) is 5.73 Å². The van der Waals surface area contributed by atoms with Gasteiger partial charge in [0, 0.05) is 23.9 Å². The monoisotopic (exact) mass is 302 g/mol. The number of carbonyl (C=O) groups excluding carboxylic acids is 1. The van der Waals surface area contributed by atoms with Gasteiger partial charge in [-0.1, -0.05) is 18.3 Å². The fourth-order valence-electron chi connectivity index (χ4n) is 1.97. The number of hydrogen-bond donors (Lipinski definition) is 1. The largest absolute Gasteiger partial charge is 0.389 e. The summed E-state index contributed by atoms with van der Waals surface area (Å²) >= 11 is 4.89. The second-order valence-corrected chi connectivity index (χ2v) is 5.17. The summed E-state index contributed by atoms with van der Waals surface area (Å²) in [5, 5.41) is 0. The Bertz CT molecular complexity index is 698. The average Bonchev–Trinajstić information content (AvgIpc) is 2.48. The molecule has 3 nitrogen and oxygen atoms in total. The molecule has 0 aromatic heterocycles. The number of rotatable bonds is 3. The maximum atomic E-state index is 13.3. The fourth-order valence-corrected chi connectivity index (χ4v) is 2.11. The van der Waals surface area contributed by atoms with Crippen molar-refractivity contribution in [3.63, 3.8) is 0 Å². The van der Waals surface area contributed by atoms with Gasteiger partial charge in [0.25, 0.3) is 5.91 Å². The lowest BCUT2D eigenvalue weighted by atomic mass is 10.1. The van der Waals surface area contributed by atoms with E-state index in [1.807, 2.05) is 0 Å². The molecule has 0 atom stereocenters. The number of amides is 1. The van der Waals surface area contributed by atoms with Crippen LogP contribution in [0.3, 0.4) is 0 Å². The third kappa shape index (κ3) is 3.25. The first kappa shape index (κ1) is 15.1. The molecule has 0 unspecified atom stereocenters. The smallest absolute Gasteiger partial charge is 0.258 e. The van der Waals surface area contributed by atoms with Crippen LogP contribution in [0, 0.1) is 12.7 Å². The standard InChI is InChI=1S/C16H15FN2OS/c1-10-3-6-12(17)9-14(10)16(20)19(2)13-7-4-11(5-8-13)15(18)21/h3-9H,1-2H3,(H2,18,21). The Hall–Kier alpha value is -2.27. The maximum Gasteiger partial charge on any atom is 0.258 e. The van der Waals surface area contributed by atoms with Crippen molar-refractivity contribution in [1.82, 2.24) is 0 Å². The minimum Gasteiger partial charge on any atom is -0.389 e. The lowest BCUT2D eigenvalue weighted by Crippen LogP contribution is -2.27. The molecule has 0 spiro atoms. The molecular formula is C16H15FN2OS. The van der Waals surface area contributed by atoms with Crippen molar-refractivity contribution in [1.29, 1.82) is 0 Å². The first-order chi connectivity index (χ1) is 9.90. The number of aryl methyl sites for hydroxylation is 1. The summed E-state index contributed by atoms with van der Waals surface area (Å²) in [5.41, 5.74) is 8.03. The summed E-state index contributed by atoms with van der Waals surface area (Å²) in [6.45, 7) is 1.77. The molecular weight excluding hydrogens is 287 g/mol. The van der Waals surface area contributed by atoms with Crippen molar-refractivity contribution < 1.29 is 9.18 Å². The van der Waals surface area contributed by atoms with Crippen LogP contribution < -0.4 is 10.6 Å². The molecule has 2 aromatic carbocycles. The molecule has 0 aliphatic carbocycles. The van der Waals surface area contributed by atoms with Crippen LogP contribution in [0.4, 0.5) is 10.1 Å². The Balaban J connectivity index is 2.30. The van der Waals surface area contributed by atoms with E-state index >= 15 is 0 Å². The fraction of sp³-hybridized carbons (Fsp3) is 0.125. The van der Waals surface area contributed by atoms with Crippen LogP contribution in [0.25, 0.3) is 0 Å². The summed E-state index contributed by atoms with van der Waals surface area (Å²) in [7, 11) is 1.64. The van der Waals surface area contributed by atoms with Crippen LogP contribution in [0.15, 0.2) is 42.5 Å². The molecule has 0 bridgehead atoms. The zero-order valence-corrected chi connectivity index (χ0v) is 12.6. The van der Waals surface area contributed by atoms with Crippen molar-refractivity contribution in [3.8, 4) is 0 Å². The average molecular weight is 302 g/mol. The minimum atomic E-state index is -0.429. The second kappa shape index (κ2) is 6.01. The molecule has 108 valence electrons. The van der Waals surface area contributed by atoms with Crippen molar-refractivity contribution in [3.05, 3.63) is 65.0 Å². The Morgan fingerprint density at radius 3 is 2.38 bits per heavy atom. The molecule has 21 heavy (non-hydrogen) atoms. The van der Waals surface area contributed by atoms with Gasteiger partial charge < -0.3 is 10.6 Å². The first-order valence-electron chi connectivity index (χ1n) is 6.34. The number of benzene rings is 2. The summed E-state index contributed by atoms with van der Waals surface area (Å²) in [4.78, 5) is 14.2. The lowest BCUT2D eigenvalue weighted by molar-refractivity contribution is 0.0992. The van der Waals surface area contributed by atoms with Gasteiger partial charge in [-0.25, -0.2) is 4.39 Å². The molecule has 0 aliphatic rings. The van der Waals surface area contributed by atoms with Gasteiger partial charge in [0.05, 0.1) is 0 Å². The number of hydrogen-bond acceptors (Lipinski definition) is 2. The van der Waals surface area contributed by atoms with E-state index in [9.17, 15) is 9.18 Å². The van der Waals surface area contributed by atoms with Crippen LogP contribution in [0.5, 0.6) is 0 Å². The Kier molecular flexibility index (Phi) is 4.33. The summed E-state index contributed by atoms with van der Waals surface area (Å²) < 4.78 is 13.3. The van der Waals surface area contributed by atoms with Gasteiger partial charge >= 0.3 is 0 Å². The van der Waals surface area contributed by atoms with Gasteiger partial charge in [0.15, 0.2) is 0 Å². The molecule has 0 saturated carbocycles. The Labute approximate surface area is 128 Å². The molecule has 2 aromatic rings. The van der Waals surface area contributed by atoms with Crippen LogP contribution in [-0.2, 0) is 0 Å². The highest BCUT2D eigenvalue weighted by atomic mass is 32.1. The molecule has 0 fully saturated rings. The van der Waals surface area contributed by atoms with Crippen LogP contribution >= 0.6 is 12.2 Å². The molecule has 0 aliphatic heterocycles. The number of anilines is 1. The third-order valence-corrected chi connectivity index (χ3v) is 3.51. The molecule has 2 rings (SSSR count). The summed E-state index contributed by atoms with van der Waals surface area (Å²) in [6, 6.07) is 11.2. The first-order valence-corrected chi connectivity index (χ1v) is 6.75. The molecule has 0 saturated heterocycles. The van der Waals surface area contributed by atoms with Gasteiger partial charge in [0.2, 0.25) is 0 Å². The van der Waals surface area contributed by atoms with Gasteiger partial charge in [-0.2, -0.15) is 0 Å². The number of nitrogens with zero attached hydrogens (tertiary/aromatic N) is 1. The number of carbonyl (C=O) groups is 1. The lowest BCUT2D eigenvalue weighted by Gasteiger charge is -2.19. The quantitative estimate of drug-likeness (QED) is 0.886. The molecule has 2 N–H and O–H groups in total. The zero-order valence-electron chi connectivity index (χ0n) is 11.8. The predicted octanol–water partition coefficient (Wildman–Crippen LogP) is 3.04. The van der Waals surface area contributed by atoms with Gasteiger partial charge in [-0.15, -0.1) is 0 Å². The van der Waals surface area contributed by atoms with Gasteiger partial charge in [-0.3, -0.25) is 4.79 Å². The van der Waals surface area contributed by atoms with Crippen LogP contribution in [0.1, 0.15) is 21.5 Å². The van der Waals surface area contributed by atoms with E-state index in [2.05, 4.69) is 0 Å². The van der Waals surface area contributed by atoms with E-state index in [1.165, 1.54) is 17.0 Å². The summed E-state index contributed by atoms with van der Waals surface area (Å²) in [6.07, 6.45) is 0. The van der Waals surface area contributed by atoms with Crippen LogP contribution in [0.2, 0.25) is 0 Å². The minimum absolute atomic E-state index is 0.268. The normalized spacial score (nSPS) is 10.2. The Morgan fingerprint density at radius 1 is 1.19 bits per heavy atom. The Morgan fingerprint density at radius 2 is 1.81 bits per heavy atom. The van der Waals surface area contributed by atoms with E-state index in [0.29, 0.717) is 16.2 Å². The number of thiocarbonyl (C=S) groups is 1. The SMILES string of the molecule is Cc1ccc(F)cc1C(=O)N(C)c1ccc(C(N)=S)cc1. The van der Waals surface area contributed by atoms with E-state index in [0.717, 1.165) is 11.1 Å². The van der Waals surface area contributed by atoms with Crippen molar-refractivity contribution in [2.75, 3.05) is 11.9 Å². The van der Waals surface area contributed by atoms with E-state index in [4.69, 9.17) is 18.0 Å². The summed E-state index contributed by atoms with van der Waals surface area (Å²) in [5.74, 6) is -0.698. The van der Waals surface area contributed by atoms with E-state index in [1.54, 1.807) is 44.3 Å². The van der Waals surface area contributed by atoms with Gasteiger partial charge in [-0.05, 0) is 48.9 Å². The molecule has 5 heteroatoms. The third-order valence-electron chi connectivity index (χ3n) is 3.27. The second-order valence-electron chi connectivity index (χ2n) is 4.73. The highest BCUT2D eigenvalue weighted by Crippen LogP contribution is 2.19. The topological polar surface area (TPSA) is 46.3 Å². The molecule has 1 amide bonds. The maximum absolute atomic E-state index is 13.3. The van der Waals surface area contributed by atoms with Crippen LogP contribution in [-0.4, -0.2) is 17.9 Å². The number of nitrogens with two attached hydrogens (primary N) is 1. The van der Waals surface area contributed by atoms with E-state index in [-0.39, 0.29) is 5.91 Å². The van der Waals surface area contributed by atoms with Crippen molar-refractivity contribution in [2.45, 2.75) is 6.92 Å². The zero-order chi connectivity index (χ0) is 15.6. The highest BCUT2D eigenvalue weighted by Gasteiger charge is 2.16.